The fourth-order valence-electron chi connectivity index (χ4n) is 3.78. The summed E-state index contributed by atoms with van der Waals surface area (Å²) >= 11 is 6.30. The molecule has 0 saturated heterocycles. The van der Waals surface area contributed by atoms with Crippen LogP contribution in [0.1, 0.15) is 28.4 Å². The molecule has 2 aromatic heterocycles. The second-order valence-electron chi connectivity index (χ2n) is 7.03. The predicted molar refractivity (Wildman–Crippen MR) is 117 cm³/mol. The van der Waals surface area contributed by atoms with Crippen molar-refractivity contribution < 1.29 is 14.3 Å². The lowest BCUT2D eigenvalue weighted by molar-refractivity contribution is 0.0935. The molecule has 7 nitrogen and oxygen atoms in total. The van der Waals surface area contributed by atoms with E-state index in [9.17, 15) is 4.79 Å². The van der Waals surface area contributed by atoms with Crippen LogP contribution < -0.4 is 15.4 Å². The summed E-state index contributed by atoms with van der Waals surface area (Å²) in [5.74, 6) is 0.510. The number of halogens is 1. The summed E-state index contributed by atoms with van der Waals surface area (Å²) in [5, 5.41) is 6.88. The molecule has 0 fully saturated rings. The van der Waals surface area contributed by atoms with Crippen molar-refractivity contribution in [1.29, 1.82) is 0 Å². The highest BCUT2D eigenvalue weighted by Crippen LogP contribution is 2.42. The molecule has 0 saturated carbocycles. The van der Waals surface area contributed by atoms with Crippen LogP contribution in [0.3, 0.4) is 0 Å². The molecular weight excluding hydrogens is 404 g/mol. The number of aromatic nitrogens is 2. The van der Waals surface area contributed by atoms with Crippen LogP contribution in [0.5, 0.6) is 5.75 Å². The van der Waals surface area contributed by atoms with Gasteiger partial charge in [0.25, 0.3) is 5.91 Å². The number of rotatable bonds is 7. The SMILES string of the molecule is COCC[C@@H]1CNC(=O)c2c1[nH]c(-c1ccncc1)c2Nc1cccc(Cl)c1OC. The average Bonchev–Trinajstić information content (AvgIpc) is 3.14. The van der Waals surface area contributed by atoms with Crippen molar-refractivity contribution >= 4 is 28.9 Å². The van der Waals surface area contributed by atoms with Gasteiger partial charge in [-0.15, -0.1) is 0 Å². The van der Waals surface area contributed by atoms with Gasteiger partial charge >= 0.3 is 0 Å². The molecule has 0 radical (unpaired) electrons. The van der Waals surface area contributed by atoms with Crippen molar-refractivity contribution in [3.63, 3.8) is 0 Å². The highest BCUT2D eigenvalue weighted by Gasteiger charge is 2.32. The van der Waals surface area contributed by atoms with Crippen LogP contribution in [0.4, 0.5) is 11.4 Å². The van der Waals surface area contributed by atoms with Crippen molar-refractivity contribution in [2.24, 2.45) is 0 Å². The molecule has 0 spiro atoms. The Hall–Kier alpha value is -3.03. The Morgan fingerprint density at radius 2 is 2.03 bits per heavy atom. The van der Waals surface area contributed by atoms with Gasteiger partial charge in [0.1, 0.15) is 0 Å². The number of aromatic amines is 1. The van der Waals surface area contributed by atoms with Crippen LogP contribution in [0.15, 0.2) is 42.7 Å². The zero-order chi connectivity index (χ0) is 21.1. The summed E-state index contributed by atoms with van der Waals surface area (Å²) in [5.41, 5.74) is 4.57. The Kier molecular flexibility index (Phi) is 5.92. The van der Waals surface area contributed by atoms with Crippen LogP contribution in [-0.4, -0.2) is 43.2 Å². The van der Waals surface area contributed by atoms with Gasteiger partial charge < -0.3 is 25.1 Å². The summed E-state index contributed by atoms with van der Waals surface area (Å²) in [6.07, 6.45) is 4.24. The number of anilines is 2. The number of methoxy groups -OCH3 is 2. The van der Waals surface area contributed by atoms with Gasteiger partial charge in [-0.05, 0) is 30.7 Å². The van der Waals surface area contributed by atoms with Gasteiger partial charge in [0.05, 0.1) is 34.8 Å². The monoisotopic (exact) mass is 426 g/mol. The topological polar surface area (TPSA) is 88.3 Å². The van der Waals surface area contributed by atoms with Gasteiger partial charge in [-0.3, -0.25) is 9.78 Å². The second-order valence-corrected chi connectivity index (χ2v) is 7.44. The van der Waals surface area contributed by atoms with Crippen LogP contribution >= 0.6 is 11.6 Å². The molecule has 3 aromatic rings. The first-order chi connectivity index (χ1) is 14.6. The minimum absolute atomic E-state index is 0.120. The Labute approximate surface area is 179 Å². The third-order valence-corrected chi connectivity index (χ3v) is 5.54. The van der Waals surface area contributed by atoms with Gasteiger partial charge in [0.15, 0.2) is 5.75 Å². The number of pyridine rings is 1. The molecule has 8 heteroatoms. The first kappa shape index (κ1) is 20.3. The van der Waals surface area contributed by atoms with Crippen molar-refractivity contribution in [2.45, 2.75) is 12.3 Å². The van der Waals surface area contributed by atoms with E-state index in [2.05, 4.69) is 20.6 Å². The number of para-hydroxylation sites is 1. The zero-order valence-electron chi connectivity index (χ0n) is 16.8. The summed E-state index contributed by atoms with van der Waals surface area (Å²) in [7, 11) is 3.24. The van der Waals surface area contributed by atoms with Crippen LogP contribution in [0.2, 0.25) is 5.02 Å². The summed E-state index contributed by atoms with van der Waals surface area (Å²) < 4.78 is 10.7. The standard InChI is InChI=1S/C22H23ClN4O3/c1-29-11-8-14-12-25-22(28)17-18(14)27-19(13-6-9-24-10-7-13)20(17)26-16-5-3-4-15(23)21(16)30-2/h3-7,9-10,14,26-27H,8,11-12H2,1-2H3,(H,25,28)/t14-/m1/s1. The lowest BCUT2D eigenvalue weighted by Gasteiger charge is -2.23. The number of carbonyl (C=O) groups is 1. The van der Waals surface area contributed by atoms with Gasteiger partial charge in [0, 0.05) is 49.8 Å². The van der Waals surface area contributed by atoms with E-state index in [1.807, 2.05) is 24.3 Å². The molecule has 30 heavy (non-hydrogen) atoms. The van der Waals surface area contributed by atoms with E-state index in [0.717, 1.165) is 23.4 Å². The molecule has 1 amide bonds. The maximum absolute atomic E-state index is 12.9. The van der Waals surface area contributed by atoms with E-state index >= 15 is 0 Å². The molecule has 3 heterocycles. The molecule has 1 atom stereocenters. The molecule has 1 aliphatic heterocycles. The van der Waals surface area contributed by atoms with E-state index in [1.54, 1.807) is 32.7 Å². The van der Waals surface area contributed by atoms with E-state index in [0.29, 0.717) is 40.9 Å². The van der Waals surface area contributed by atoms with Crippen LogP contribution in [-0.2, 0) is 4.74 Å². The third-order valence-electron chi connectivity index (χ3n) is 5.24. The Morgan fingerprint density at radius 1 is 1.23 bits per heavy atom. The van der Waals surface area contributed by atoms with Gasteiger partial charge in [0.2, 0.25) is 0 Å². The second kappa shape index (κ2) is 8.77. The largest absolute Gasteiger partial charge is 0.493 e. The number of nitrogens with one attached hydrogen (secondary N) is 3. The Balaban J connectivity index is 1.87. The molecule has 0 unspecified atom stereocenters. The number of H-pyrrole nitrogens is 1. The highest BCUT2D eigenvalue weighted by atomic mass is 35.5. The van der Waals surface area contributed by atoms with Gasteiger partial charge in [-0.25, -0.2) is 0 Å². The highest BCUT2D eigenvalue weighted by molar-refractivity contribution is 6.32. The number of ether oxygens (including phenoxy) is 2. The maximum atomic E-state index is 12.9. The average molecular weight is 427 g/mol. The fraction of sp³-hybridized carbons (Fsp3) is 0.273. The van der Waals surface area contributed by atoms with Gasteiger partial charge in [-0.1, -0.05) is 17.7 Å². The van der Waals surface area contributed by atoms with E-state index in [4.69, 9.17) is 21.1 Å². The van der Waals surface area contributed by atoms with E-state index in [-0.39, 0.29) is 11.8 Å². The molecular formula is C22H23ClN4O3. The normalized spacial score (nSPS) is 15.4. The first-order valence-electron chi connectivity index (χ1n) is 9.67. The first-order valence-corrected chi connectivity index (χ1v) is 10.0. The Bertz CT molecular complexity index is 1050. The summed E-state index contributed by atoms with van der Waals surface area (Å²) in [6, 6.07) is 9.26. The molecule has 0 aliphatic carbocycles. The number of hydrogen-bond donors (Lipinski definition) is 3. The van der Waals surface area contributed by atoms with Gasteiger partial charge in [-0.2, -0.15) is 0 Å². The zero-order valence-corrected chi connectivity index (χ0v) is 17.5. The minimum atomic E-state index is -0.126. The number of fused-ring (bicyclic) bond motifs is 1. The molecule has 3 N–H and O–H groups in total. The minimum Gasteiger partial charge on any atom is -0.493 e. The van der Waals surface area contributed by atoms with Crippen LogP contribution in [0, 0.1) is 0 Å². The number of amides is 1. The maximum Gasteiger partial charge on any atom is 0.255 e. The quantitative estimate of drug-likeness (QED) is 0.522. The number of benzene rings is 1. The van der Waals surface area contributed by atoms with Crippen LogP contribution in [0.25, 0.3) is 11.3 Å². The molecule has 1 aliphatic rings. The summed E-state index contributed by atoms with van der Waals surface area (Å²) in [4.78, 5) is 20.5. The number of nitrogens with zero attached hydrogens (tertiary/aromatic N) is 1. The molecule has 0 bridgehead atoms. The lowest BCUT2D eigenvalue weighted by Crippen LogP contribution is -2.35. The van der Waals surface area contributed by atoms with Crippen molar-refractivity contribution in [3.8, 4) is 17.0 Å². The van der Waals surface area contributed by atoms with Crippen molar-refractivity contribution in [3.05, 3.63) is 59.0 Å². The Morgan fingerprint density at radius 3 is 2.77 bits per heavy atom. The van der Waals surface area contributed by atoms with E-state index < -0.39 is 0 Å². The third kappa shape index (κ3) is 3.74. The molecule has 156 valence electrons. The number of hydrogen-bond acceptors (Lipinski definition) is 5. The lowest BCUT2D eigenvalue weighted by atomic mass is 9.94. The predicted octanol–water partition coefficient (Wildman–Crippen LogP) is 4.35. The van der Waals surface area contributed by atoms with Crippen molar-refractivity contribution in [1.82, 2.24) is 15.3 Å². The van der Waals surface area contributed by atoms with E-state index in [1.165, 1.54) is 0 Å². The summed E-state index contributed by atoms with van der Waals surface area (Å²) in [6.45, 7) is 1.17. The number of carbonyl (C=O) groups excluding carboxylic acids is 1. The van der Waals surface area contributed by atoms with Crippen molar-refractivity contribution in [2.75, 3.05) is 32.7 Å². The smallest absolute Gasteiger partial charge is 0.255 e. The molecule has 1 aromatic carbocycles. The molecule has 4 rings (SSSR count). The fourth-order valence-corrected chi connectivity index (χ4v) is 4.04.